The molecule has 1 aliphatic rings. The minimum absolute atomic E-state index is 0.205. The summed E-state index contributed by atoms with van der Waals surface area (Å²) in [5, 5.41) is 9.07. The molecule has 8 heteroatoms. The number of carboxylic acids is 1. The van der Waals surface area contributed by atoms with E-state index in [9.17, 15) is 13.2 Å². The number of carbonyl (C=O) groups is 1. The van der Waals surface area contributed by atoms with Crippen molar-refractivity contribution in [1.29, 1.82) is 0 Å². The molecule has 1 aliphatic heterocycles. The number of hydrogen-bond acceptors (Lipinski definition) is 5. The SMILES string of the molecule is Nc1ccc(C(=O)O)c(S(=O)(=O)N2CCOCC2)c1. The Morgan fingerprint density at radius 3 is 2.53 bits per heavy atom. The third-order valence-electron chi connectivity index (χ3n) is 2.82. The van der Waals surface area contributed by atoms with Gasteiger partial charge in [0.25, 0.3) is 0 Å². The fourth-order valence-electron chi connectivity index (χ4n) is 1.86. The van der Waals surface area contributed by atoms with E-state index in [0.29, 0.717) is 13.2 Å². The van der Waals surface area contributed by atoms with E-state index in [1.165, 1.54) is 22.5 Å². The Bertz CT molecular complexity index is 593. The summed E-state index contributed by atoms with van der Waals surface area (Å²) in [5.41, 5.74) is 5.48. The molecule has 0 aromatic heterocycles. The number of nitrogens with zero attached hydrogens (tertiary/aromatic N) is 1. The maximum absolute atomic E-state index is 12.4. The lowest BCUT2D eigenvalue weighted by Gasteiger charge is -2.26. The van der Waals surface area contributed by atoms with Gasteiger partial charge in [-0.3, -0.25) is 0 Å². The summed E-state index contributed by atoms with van der Waals surface area (Å²) in [6.45, 7) is 1.00. The molecule has 0 spiro atoms. The number of nitrogens with two attached hydrogens (primary N) is 1. The highest BCUT2D eigenvalue weighted by atomic mass is 32.2. The Labute approximate surface area is 110 Å². The standard InChI is InChI=1S/C11H14N2O5S/c12-8-1-2-9(11(14)15)10(7-8)19(16,17)13-3-5-18-6-4-13/h1-2,7H,3-6,12H2,(H,14,15). The number of morpholine rings is 1. The van der Waals surface area contributed by atoms with E-state index in [4.69, 9.17) is 15.6 Å². The number of carboxylic acid groups (broad SMARTS) is 1. The summed E-state index contributed by atoms with van der Waals surface area (Å²) in [6.07, 6.45) is 0. The zero-order valence-electron chi connectivity index (χ0n) is 10.1. The Morgan fingerprint density at radius 2 is 1.95 bits per heavy atom. The second kappa shape index (κ2) is 5.16. The maximum atomic E-state index is 12.4. The summed E-state index contributed by atoms with van der Waals surface area (Å²) >= 11 is 0. The Balaban J connectivity index is 2.49. The molecule has 0 radical (unpaired) electrons. The number of ether oxygens (including phenoxy) is 1. The van der Waals surface area contributed by atoms with Crippen molar-refractivity contribution >= 4 is 21.7 Å². The molecule has 7 nitrogen and oxygen atoms in total. The quantitative estimate of drug-likeness (QED) is 0.756. The molecule has 0 saturated carbocycles. The van der Waals surface area contributed by atoms with Crippen molar-refractivity contribution in [2.24, 2.45) is 0 Å². The monoisotopic (exact) mass is 286 g/mol. The van der Waals surface area contributed by atoms with Gasteiger partial charge in [0, 0.05) is 18.8 Å². The number of sulfonamides is 1. The fourth-order valence-corrected chi connectivity index (χ4v) is 3.48. The first-order valence-corrected chi connectivity index (χ1v) is 7.07. The molecule has 0 unspecified atom stereocenters. The minimum atomic E-state index is -3.87. The highest BCUT2D eigenvalue weighted by Gasteiger charge is 2.30. The van der Waals surface area contributed by atoms with Crippen molar-refractivity contribution < 1.29 is 23.1 Å². The van der Waals surface area contributed by atoms with E-state index in [-0.39, 0.29) is 29.2 Å². The van der Waals surface area contributed by atoms with Crippen molar-refractivity contribution in [3.63, 3.8) is 0 Å². The predicted octanol–water partition coefficient (Wildman–Crippen LogP) is -0.0121. The lowest BCUT2D eigenvalue weighted by Crippen LogP contribution is -2.41. The van der Waals surface area contributed by atoms with Gasteiger partial charge >= 0.3 is 5.97 Å². The number of nitrogen functional groups attached to an aromatic ring is 1. The molecule has 0 atom stereocenters. The first kappa shape index (κ1) is 13.8. The predicted molar refractivity (Wildman–Crippen MR) is 67.4 cm³/mol. The van der Waals surface area contributed by atoms with Crippen molar-refractivity contribution in [2.45, 2.75) is 4.90 Å². The van der Waals surface area contributed by atoms with Gasteiger partial charge in [0.2, 0.25) is 10.0 Å². The smallest absolute Gasteiger partial charge is 0.337 e. The summed E-state index contributed by atoms with van der Waals surface area (Å²) in [6, 6.07) is 3.74. The number of rotatable bonds is 3. The third-order valence-corrected chi connectivity index (χ3v) is 4.76. The van der Waals surface area contributed by atoms with Gasteiger partial charge in [0.05, 0.1) is 23.7 Å². The average Bonchev–Trinajstić information content (AvgIpc) is 2.39. The molecule has 0 amide bonds. The van der Waals surface area contributed by atoms with Crippen LogP contribution < -0.4 is 5.73 Å². The molecule has 1 aromatic rings. The molecule has 1 fully saturated rings. The normalized spacial score (nSPS) is 17.3. The summed E-state index contributed by atoms with van der Waals surface area (Å²) < 4.78 is 31.1. The van der Waals surface area contributed by atoms with Crippen LogP contribution in [0.5, 0.6) is 0 Å². The molecule has 104 valence electrons. The Hall–Kier alpha value is -1.64. The van der Waals surface area contributed by atoms with Gasteiger partial charge in [-0.05, 0) is 18.2 Å². The summed E-state index contributed by atoms with van der Waals surface area (Å²) in [7, 11) is -3.87. The first-order chi connectivity index (χ1) is 8.93. The Morgan fingerprint density at radius 1 is 1.32 bits per heavy atom. The first-order valence-electron chi connectivity index (χ1n) is 5.63. The van der Waals surface area contributed by atoms with E-state index in [0.717, 1.165) is 0 Å². The molecule has 2 rings (SSSR count). The molecule has 0 bridgehead atoms. The van der Waals surface area contributed by atoms with Gasteiger partial charge in [-0.2, -0.15) is 4.31 Å². The van der Waals surface area contributed by atoms with E-state index in [2.05, 4.69) is 0 Å². The van der Waals surface area contributed by atoms with Crippen LogP contribution in [-0.2, 0) is 14.8 Å². The third kappa shape index (κ3) is 2.70. The second-order valence-electron chi connectivity index (χ2n) is 4.08. The molecule has 19 heavy (non-hydrogen) atoms. The van der Waals surface area contributed by atoms with Gasteiger partial charge in [0.15, 0.2) is 0 Å². The van der Waals surface area contributed by atoms with Crippen LogP contribution in [0.4, 0.5) is 5.69 Å². The number of benzene rings is 1. The molecule has 3 N–H and O–H groups in total. The lowest BCUT2D eigenvalue weighted by molar-refractivity contribution is 0.0688. The highest BCUT2D eigenvalue weighted by Crippen LogP contribution is 2.23. The van der Waals surface area contributed by atoms with Crippen molar-refractivity contribution in [2.75, 3.05) is 32.0 Å². The van der Waals surface area contributed by atoms with Gasteiger partial charge in [-0.1, -0.05) is 0 Å². The van der Waals surface area contributed by atoms with E-state index < -0.39 is 16.0 Å². The van der Waals surface area contributed by atoms with Crippen molar-refractivity contribution in [3.05, 3.63) is 23.8 Å². The van der Waals surface area contributed by atoms with Crippen LogP contribution in [0.2, 0.25) is 0 Å². The molecule has 1 aromatic carbocycles. The van der Waals surface area contributed by atoms with Crippen LogP contribution in [0.25, 0.3) is 0 Å². The van der Waals surface area contributed by atoms with E-state index >= 15 is 0 Å². The van der Waals surface area contributed by atoms with Crippen LogP contribution >= 0.6 is 0 Å². The van der Waals surface area contributed by atoms with Crippen LogP contribution in [0, 0.1) is 0 Å². The van der Waals surface area contributed by atoms with Crippen LogP contribution in [0.15, 0.2) is 23.1 Å². The molecular weight excluding hydrogens is 272 g/mol. The van der Waals surface area contributed by atoms with Gasteiger partial charge in [-0.15, -0.1) is 0 Å². The van der Waals surface area contributed by atoms with Crippen LogP contribution in [0.1, 0.15) is 10.4 Å². The minimum Gasteiger partial charge on any atom is -0.478 e. The van der Waals surface area contributed by atoms with Gasteiger partial charge in [0.1, 0.15) is 0 Å². The van der Waals surface area contributed by atoms with Crippen molar-refractivity contribution in [3.8, 4) is 0 Å². The topological polar surface area (TPSA) is 110 Å². The zero-order valence-corrected chi connectivity index (χ0v) is 10.9. The van der Waals surface area contributed by atoms with Crippen molar-refractivity contribution in [1.82, 2.24) is 4.31 Å². The number of anilines is 1. The summed E-state index contributed by atoms with van der Waals surface area (Å²) in [4.78, 5) is 10.8. The number of hydrogen-bond donors (Lipinski definition) is 2. The lowest BCUT2D eigenvalue weighted by atomic mass is 10.2. The average molecular weight is 286 g/mol. The zero-order chi connectivity index (χ0) is 14.0. The summed E-state index contributed by atoms with van der Waals surface area (Å²) in [5.74, 6) is -1.30. The highest BCUT2D eigenvalue weighted by molar-refractivity contribution is 7.89. The van der Waals surface area contributed by atoms with Gasteiger partial charge in [-0.25, -0.2) is 13.2 Å². The van der Waals surface area contributed by atoms with E-state index in [1.807, 2.05) is 0 Å². The molecular formula is C11H14N2O5S. The largest absolute Gasteiger partial charge is 0.478 e. The second-order valence-corrected chi connectivity index (χ2v) is 5.98. The molecule has 0 aliphatic carbocycles. The van der Waals surface area contributed by atoms with Crippen LogP contribution in [0.3, 0.4) is 0 Å². The fraction of sp³-hybridized carbons (Fsp3) is 0.364. The maximum Gasteiger partial charge on any atom is 0.337 e. The van der Waals surface area contributed by atoms with Crippen LogP contribution in [-0.4, -0.2) is 50.1 Å². The Kier molecular flexibility index (Phi) is 3.74. The molecule has 1 saturated heterocycles. The van der Waals surface area contributed by atoms with E-state index in [1.54, 1.807) is 0 Å². The molecule has 1 heterocycles. The number of aromatic carboxylic acids is 1. The van der Waals surface area contributed by atoms with Gasteiger partial charge < -0.3 is 15.6 Å².